The van der Waals surface area contributed by atoms with E-state index in [9.17, 15) is 4.79 Å². The fraction of sp³-hybridized carbons (Fsp3) is 0.462. The van der Waals surface area contributed by atoms with Gasteiger partial charge in [0.15, 0.2) is 0 Å². The van der Waals surface area contributed by atoms with Crippen LogP contribution in [0.1, 0.15) is 18.1 Å². The number of hydrogen-bond donors (Lipinski definition) is 1. The third kappa shape index (κ3) is 3.66. The Balaban J connectivity index is 2.49. The number of amides is 1. The van der Waals surface area contributed by atoms with Crippen molar-refractivity contribution in [2.45, 2.75) is 26.4 Å². The molecule has 1 aromatic carbocycles. The van der Waals surface area contributed by atoms with Crippen LogP contribution in [0.25, 0.3) is 0 Å². The molecular formula is C13H20N2O. The molecule has 0 spiro atoms. The van der Waals surface area contributed by atoms with Gasteiger partial charge >= 0.3 is 0 Å². The van der Waals surface area contributed by atoms with Crippen LogP contribution < -0.4 is 5.32 Å². The number of nitrogens with zero attached hydrogens (tertiary/aromatic N) is 1. The zero-order chi connectivity index (χ0) is 12.1. The predicted molar refractivity (Wildman–Crippen MR) is 66.2 cm³/mol. The van der Waals surface area contributed by atoms with E-state index < -0.39 is 0 Å². The molecule has 1 rings (SSSR count). The molecule has 3 nitrogen and oxygen atoms in total. The summed E-state index contributed by atoms with van der Waals surface area (Å²) in [6, 6.07) is 8.14. The van der Waals surface area contributed by atoms with Crippen molar-refractivity contribution < 1.29 is 4.79 Å². The number of hydrogen-bond acceptors (Lipinski definition) is 2. The summed E-state index contributed by atoms with van der Waals surface area (Å²) < 4.78 is 0. The maximum atomic E-state index is 11.6. The van der Waals surface area contributed by atoms with Crippen LogP contribution >= 0.6 is 0 Å². The minimum Gasteiger partial charge on any atom is -0.347 e. The Morgan fingerprint density at radius 1 is 1.44 bits per heavy atom. The zero-order valence-corrected chi connectivity index (χ0v) is 10.4. The van der Waals surface area contributed by atoms with Gasteiger partial charge in [0, 0.05) is 20.6 Å². The van der Waals surface area contributed by atoms with Crippen molar-refractivity contribution in [2.75, 3.05) is 14.1 Å². The fourth-order valence-corrected chi connectivity index (χ4v) is 1.57. The highest BCUT2D eigenvalue weighted by Crippen LogP contribution is 2.03. The normalized spacial score (nSPS) is 12.2. The summed E-state index contributed by atoms with van der Waals surface area (Å²) in [6.45, 7) is 4.68. The summed E-state index contributed by atoms with van der Waals surface area (Å²) in [4.78, 5) is 13.2. The number of aryl methyl sites for hydroxylation is 1. The predicted octanol–water partition coefficient (Wildman–Crippen LogP) is 1.56. The number of rotatable bonds is 4. The molecule has 0 saturated heterocycles. The number of carbonyl (C=O) groups excluding carboxylic acids is 1. The van der Waals surface area contributed by atoms with Crippen LogP contribution in [0.5, 0.6) is 0 Å². The molecule has 0 aromatic heterocycles. The lowest BCUT2D eigenvalue weighted by Gasteiger charge is -2.18. The van der Waals surface area contributed by atoms with Gasteiger partial charge in [0.05, 0.1) is 6.04 Å². The molecule has 1 N–H and O–H groups in total. The summed E-state index contributed by atoms with van der Waals surface area (Å²) >= 11 is 0. The first-order valence-corrected chi connectivity index (χ1v) is 5.51. The monoisotopic (exact) mass is 220 g/mol. The van der Waals surface area contributed by atoms with Crippen molar-refractivity contribution in [2.24, 2.45) is 0 Å². The van der Waals surface area contributed by atoms with Crippen LogP contribution in [0.3, 0.4) is 0 Å². The summed E-state index contributed by atoms with van der Waals surface area (Å²) in [5.41, 5.74) is 2.45. The van der Waals surface area contributed by atoms with Gasteiger partial charge in [0.1, 0.15) is 0 Å². The zero-order valence-electron chi connectivity index (χ0n) is 10.4. The molecular weight excluding hydrogens is 200 g/mol. The highest BCUT2D eigenvalue weighted by atomic mass is 16.2. The number of likely N-dealkylation sites (N-methyl/N-ethyl adjacent to an activating group) is 1. The molecule has 0 radical (unpaired) electrons. The maximum Gasteiger partial charge on any atom is 0.238 e. The van der Waals surface area contributed by atoms with Crippen molar-refractivity contribution in [3.63, 3.8) is 0 Å². The summed E-state index contributed by atoms with van der Waals surface area (Å²) in [7, 11) is 3.54. The summed E-state index contributed by atoms with van der Waals surface area (Å²) in [5.74, 6) is 0.104. The van der Waals surface area contributed by atoms with Gasteiger partial charge in [-0.3, -0.25) is 4.79 Å². The first-order valence-electron chi connectivity index (χ1n) is 5.51. The van der Waals surface area contributed by atoms with E-state index in [1.807, 2.05) is 13.0 Å². The van der Waals surface area contributed by atoms with Gasteiger partial charge in [-0.15, -0.1) is 0 Å². The molecule has 0 heterocycles. The molecule has 1 atom stereocenters. The van der Waals surface area contributed by atoms with Crippen molar-refractivity contribution in [3.05, 3.63) is 35.4 Å². The molecule has 3 heteroatoms. The average molecular weight is 220 g/mol. The smallest absolute Gasteiger partial charge is 0.238 e. The summed E-state index contributed by atoms with van der Waals surface area (Å²) in [6.07, 6.45) is 0. The highest BCUT2D eigenvalue weighted by Gasteiger charge is 2.13. The molecule has 1 aromatic rings. The molecule has 0 aliphatic rings. The Hall–Kier alpha value is -1.35. The Kier molecular flexibility index (Phi) is 4.50. The van der Waals surface area contributed by atoms with Gasteiger partial charge in [-0.05, 0) is 19.4 Å². The van der Waals surface area contributed by atoms with Gasteiger partial charge < -0.3 is 10.2 Å². The van der Waals surface area contributed by atoms with Crippen LogP contribution in [-0.2, 0) is 11.3 Å². The highest BCUT2D eigenvalue weighted by molar-refractivity contribution is 5.80. The van der Waals surface area contributed by atoms with E-state index in [1.54, 1.807) is 19.0 Å². The lowest BCUT2D eigenvalue weighted by molar-refractivity contribution is -0.130. The average Bonchev–Trinajstić information content (AvgIpc) is 2.24. The van der Waals surface area contributed by atoms with E-state index in [4.69, 9.17) is 0 Å². The molecule has 0 aliphatic heterocycles. The standard InChI is InChI=1S/C13H20N2O/c1-10-6-5-7-12(8-10)9-14-11(2)13(16)15(3)4/h5-8,11,14H,9H2,1-4H3. The molecule has 1 amide bonds. The Morgan fingerprint density at radius 3 is 2.69 bits per heavy atom. The minimum absolute atomic E-state index is 0.104. The van der Waals surface area contributed by atoms with E-state index in [2.05, 4.69) is 30.4 Å². The minimum atomic E-state index is -0.143. The number of carbonyl (C=O) groups is 1. The van der Waals surface area contributed by atoms with E-state index in [0.717, 1.165) is 6.54 Å². The quantitative estimate of drug-likeness (QED) is 0.835. The molecule has 0 fully saturated rings. The van der Waals surface area contributed by atoms with Crippen molar-refractivity contribution >= 4 is 5.91 Å². The third-order valence-electron chi connectivity index (χ3n) is 2.51. The van der Waals surface area contributed by atoms with Crippen molar-refractivity contribution in [3.8, 4) is 0 Å². The molecule has 0 aliphatic carbocycles. The lowest BCUT2D eigenvalue weighted by Crippen LogP contribution is -2.41. The van der Waals surface area contributed by atoms with Gasteiger partial charge in [0.25, 0.3) is 0 Å². The van der Waals surface area contributed by atoms with E-state index in [1.165, 1.54) is 11.1 Å². The van der Waals surface area contributed by atoms with Gasteiger partial charge in [0.2, 0.25) is 5.91 Å². The van der Waals surface area contributed by atoms with Crippen LogP contribution in [0.15, 0.2) is 24.3 Å². The maximum absolute atomic E-state index is 11.6. The van der Waals surface area contributed by atoms with Gasteiger partial charge in [-0.2, -0.15) is 0 Å². The second-order valence-electron chi connectivity index (χ2n) is 4.32. The van der Waals surface area contributed by atoms with Crippen LogP contribution in [0.4, 0.5) is 0 Å². The second kappa shape index (κ2) is 5.66. The van der Waals surface area contributed by atoms with Gasteiger partial charge in [-0.1, -0.05) is 29.8 Å². The summed E-state index contributed by atoms with van der Waals surface area (Å²) in [5, 5.41) is 3.22. The van der Waals surface area contributed by atoms with Crippen LogP contribution in [-0.4, -0.2) is 30.9 Å². The second-order valence-corrected chi connectivity index (χ2v) is 4.32. The van der Waals surface area contributed by atoms with Crippen LogP contribution in [0.2, 0.25) is 0 Å². The molecule has 88 valence electrons. The van der Waals surface area contributed by atoms with Crippen LogP contribution in [0, 0.1) is 6.92 Å². The SMILES string of the molecule is Cc1cccc(CNC(C)C(=O)N(C)C)c1. The van der Waals surface area contributed by atoms with Gasteiger partial charge in [-0.25, -0.2) is 0 Å². The van der Waals surface area contributed by atoms with E-state index in [-0.39, 0.29) is 11.9 Å². The van der Waals surface area contributed by atoms with E-state index in [0.29, 0.717) is 0 Å². The fourth-order valence-electron chi connectivity index (χ4n) is 1.57. The Labute approximate surface area is 97.5 Å². The molecule has 0 bridgehead atoms. The first kappa shape index (κ1) is 12.7. The Morgan fingerprint density at radius 2 is 2.12 bits per heavy atom. The van der Waals surface area contributed by atoms with E-state index >= 15 is 0 Å². The Bertz CT molecular complexity index is 361. The first-order chi connectivity index (χ1) is 7.50. The third-order valence-corrected chi connectivity index (χ3v) is 2.51. The molecule has 0 saturated carbocycles. The number of benzene rings is 1. The molecule has 16 heavy (non-hydrogen) atoms. The number of nitrogens with one attached hydrogen (secondary N) is 1. The molecule has 1 unspecified atom stereocenters. The largest absolute Gasteiger partial charge is 0.347 e. The van der Waals surface area contributed by atoms with Crippen molar-refractivity contribution in [1.29, 1.82) is 0 Å². The lowest BCUT2D eigenvalue weighted by atomic mass is 10.1. The van der Waals surface area contributed by atoms with Crippen molar-refractivity contribution in [1.82, 2.24) is 10.2 Å². The topological polar surface area (TPSA) is 32.3 Å².